The molecule has 1 heterocycles. The Hall–Kier alpha value is -3.15. The van der Waals surface area contributed by atoms with Gasteiger partial charge < -0.3 is 29.3 Å². The molecule has 0 aromatic carbocycles. The van der Waals surface area contributed by atoms with E-state index in [-0.39, 0.29) is 19.4 Å². The molecular weight excluding hydrogens is 783 g/mol. The highest BCUT2D eigenvalue weighted by molar-refractivity contribution is 7.47. The van der Waals surface area contributed by atoms with Gasteiger partial charge in [0.25, 0.3) is 0 Å². The summed E-state index contributed by atoms with van der Waals surface area (Å²) >= 11 is 0. The van der Waals surface area contributed by atoms with Crippen molar-refractivity contribution in [2.75, 3.05) is 26.4 Å². The van der Waals surface area contributed by atoms with Crippen molar-refractivity contribution < 1.29 is 52.5 Å². The average Bonchev–Trinajstić information content (AvgIpc) is 3.99. The lowest BCUT2D eigenvalue weighted by Gasteiger charge is -2.20. The molecular formula is C48H77O11P. The molecule has 12 heteroatoms. The van der Waals surface area contributed by atoms with Gasteiger partial charge in [0, 0.05) is 12.8 Å². The van der Waals surface area contributed by atoms with Gasteiger partial charge in [0.05, 0.1) is 32.0 Å². The maximum Gasteiger partial charge on any atom is 0.472 e. The van der Waals surface area contributed by atoms with Crippen molar-refractivity contribution >= 4 is 19.8 Å². The van der Waals surface area contributed by atoms with Gasteiger partial charge in [-0.25, -0.2) is 4.57 Å². The van der Waals surface area contributed by atoms with E-state index in [2.05, 4.69) is 91.3 Å². The summed E-state index contributed by atoms with van der Waals surface area (Å²) in [6, 6.07) is 0. The fourth-order valence-corrected chi connectivity index (χ4v) is 6.38. The van der Waals surface area contributed by atoms with Crippen molar-refractivity contribution in [1.82, 2.24) is 0 Å². The van der Waals surface area contributed by atoms with Gasteiger partial charge in [0.2, 0.25) is 0 Å². The summed E-state index contributed by atoms with van der Waals surface area (Å²) in [5, 5.41) is 18.3. The molecule has 0 spiro atoms. The fourth-order valence-electron chi connectivity index (χ4n) is 5.59. The minimum Gasteiger partial charge on any atom is -0.462 e. The zero-order valence-electron chi connectivity index (χ0n) is 36.6. The highest BCUT2D eigenvalue weighted by Gasteiger charge is 2.36. The maximum absolute atomic E-state index is 12.6. The topological polar surface area (TPSA) is 161 Å². The molecule has 3 unspecified atom stereocenters. The molecule has 1 rings (SSSR count). The van der Waals surface area contributed by atoms with Gasteiger partial charge in [-0.1, -0.05) is 143 Å². The molecule has 3 N–H and O–H groups in total. The van der Waals surface area contributed by atoms with Crippen molar-refractivity contribution in [2.45, 2.75) is 167 Å². The average molecular weight is 861 g/mol. The summed E-state index contributed by atoms with van der Waals surface area (Å²) in [6.45, 7) is 2.14. The second-order valence-corrected chi connectivity index (χ2v) is 16.2. The Balaban J connectivity index is 2.34. The summed E-state index contributed by atoms with van der Waals surface area (Å²) in [7, 11) is -4.66. The summed E-state index contributed by atoms with van der Waals surface area (Å²) in [5.74, 6) is -1.10. The van der Waals surface area contributed by atoms with Crippen LogP contribution in [0.3, 0.4) is 0 Å². The fraction of sp³-hybridized carbons (Fsp3) is 0.625. The van der Waals surface area contributed by atoms with Crippen LogP contribution in [0.15, 0.2) is 97.2 Å². The van der Waals surface area contributed by atoms with Crippen molar-refractivity contribution in [2.24, 2.45) is 0 Å². The van der Waals surface area contributed by atoms with Gasteiger partial charge in [0.15, 0.2) is 6.10 Å². The number of carbonyl (C=O) groups excluding carboxylic acids is 2. The third-order valence-electron chi connectivity index (χ3n) is 9.15. The molecule has 1 aliphatic heterocycles. The van der Waals surface area contributed by atoms with Crippen LogP contribution in [0.5, 0.6) is 0 Å². The maximum atomic E-state index is 12.6. The van der Waals surface area contributed by atoms with Crippen LogP contribution in [0.1, 0.15) is 142 Å². The number of epoxide rings is 1. The van der Waals surface area contributed by atoms with Gasteiger partial charge in [-0.15, -0.1) is 0 Å². The van der Waals surface area contributed by atoms with Crippen LogP contribution >= 0.6 is 7.82 Å². The van der Waals surface area contributed by atoms with E-state index in [0.29, 0.717) is 31.5 Å². The molecule has 5 atom stereocenters. The predicted molar refractivity (Wildman–Crippen MR) is 241 cm³/mol. The van der Waals surface area contributed by atoms with Crippen molar-refractivity contribution in [3.8, 4) is 0 Å². The molecule has 60 heavy (non-hydrogen) atoms. The molecule has 0 bridgehead atoms. The Morgan fingerprint density at radius 2 is 1.10 bits per heavy atom. The van der Waals surface area contributed by atoms with E-state index in [1.165, 1.54) is 44.9 Å². The molecule has 0 aromatic heterocycles. The van der Waals surface area contributed by atoms with Crippen LogP contribution in [0, 0.1) is 0 Å². The lowest BCUT2D eigenvalue weighted by molar-refractivity contribution is -0.161. The van der Waals surface area contributed by atoms with Gasteiger partial charge in [0.1, 0.15) is 12.7 Å². The first-order chi connectivity index (χ1) is 29.2. The zero-order chi connectivity index (χ0) is 43.8. The van der Waals surface area contributed by atoms with E-state index in [1.54, 1.807) is 0 Å². The highest BCUT2D eigenvalue weighted by atomic mass is 31.2. The van der Waals surface area contributed by atoms with Gasteiger partial charge >= 0.3 is 19.8 Å². The standard InChI is InChI=1S/C48H77O11P/c1-3-5-7-8-9-10-11-12-13-14-15-16-17-18-19-24-27-30-34-38-48(52)58-44(42-57-60(53,54)56-40-43(50)39-49)41-55-47(51)37-33-29-26-23-21-20-22-25-28-32-36-46-45(59-46)35-31-6-4-2/h9-10,12-13,15-16,18-20,22-23,26-28,30,32,43-46,49-50H,3-8,11,14,17,21,24-25,29,31,33-42H2,1-2H3,(H,53,54)/b10-9-,13-12-,16-15-,19-18-,22-20-,26-23-,30-27-,32-28-/t43-,44+,45?,46?/m0/s1. The van der Waals surface area contributed by atoms with Crippen molar-refractivity contribution in [1.29, 1.82) is 0 Å². The van der Waals surface area contributed by atoms with E-state index in [9.17, 15) is 24.2 Å². The molecule has 340 valence electrons. The molecule has 0 saturated carbocycles. The van der Waals surface area contributed by atoms with E-state index in [1.807, 2.05) is 24.3 Å². The molecule has 1 saturated heterocycles. The van der Waals surface area contributed by atoms with Crippen LogP contribution in [0.4, 0.5) is 0 Å². The van der Waals surface area contributed by atoms with E-state index in [0.717, 1.165) is 51.4 Å². The number of allylic oxidation sites excluding steroid dienone is 15. The predicted octanol–water partition coefficient (Wildman–Crippen LogP) is 11.0. The Labute approximate surface area is 361 Å². The minimum absolute atomic E-state index is 0.0409. The normalized spacial score (nSPS) is 18.1. The quantitative estimate of drug-likeness (QED) is 0.0177. The number of hydrogen-bond donors (Lipinski definition) is 3. The Morgan fingerprint density at radius 1 is 0.600 bits per heavy atom. The Bertz CT molecular complexity index is 1380. The van der Waals surface area contributed by atoms with Crippen LogP contribution in [0.2, 0.25) is 0 Å². The second kappa shape index (κ2) is 38.7. The van der Waals surface area contributed by atoms with Crippen LogP contribution in [-0.4, -0.2) is 77.9 Å². The number of hydrogen-bond acceptors (Lipinski definition) is 10. The molecule has 0 aliphatic carbocycles. The van der Waals surface area contributed by atoms with Crippen LogP contribution < -0.4 is 0 Å². The number of ether oxygens (including phenoxy) is 3. The van der Waals surface area contributed by atoms with Gasteiger partial charge in [-0.3, -0.25) is 18.6 Å². The smallest absolute Gasteiger partial charge is 0.462 e. The minimum atomic E-state index is -4.66. The number of aliphatic hydroxyl groups excluding tert-OH is 2. The summed E-state index contributed by atoms with van der Waals surface area (Å²) in [6.07, 6.45) is 50.0. The van der Waals surface area contributed by atoms with Crippen molar-refractivity contribution in [3.63, 3.8) is 0 Å². The highest BCUT2D eigenvalue weighted by Crippen LogP contribution is 2.43. The number of aliphatic hydroxyl groups is 2. The Kier molecular flexibility index (Phi) is 35.4. The largest absolute Gasteiger partial charge is 0.472 e. The molecule has 0 aromatic rings. The summed E-state index contributed by atoms with van der Waals surface area (Å²) in [5.41, 5.74) is 0. The molecule has 0 amide bonds. The first kappa shape index (κ1) is 54.9. The SMILES string of the molecule is CCCCC/C=C\C/C=C\C/C=C\C/C=C\C/C=C\CCC(=O)O[C@H](COC(=O)CCC/C=C\C/C=C\C/C=C\CC1OC1CCCCC)COP(=O)(O)OC[C@@H](O)CO. The molecule has 1 fully saturated rings. The molecule has 0 radical (unpaired) electrons. The first-order valence-electron chi connectivity index (χ1n) is 22.3. The lowest BCUT2D eigenvalue weighted by atomic mass is 10.1. The lowest BCUT2D eigenvalue weighted by Crippen LogP contribution is -2.29. The summed E-state index contributed by atoms with van der Waals surface area (Å²) in [4.78, 5) is 35.0. The van der Waals surface area contributed by atoms with Gasteiger partial charge in [-0.05, 0) is 83.5 Å². The van der Waals surface area contributed by atoms with E-state index < -0.39 is 51.8 Å². The number of esters is 2. The number of phosphoric ester groups is 1. The van der Waals surface area contributed by atoms with E-state index >= 15 is 0 Å². The number of rotatable bonds is 39. The van der Waals surface area contributed by atoms with Crippen LogP contribution in [0.25, 0.3) is 0 Å². The van der Waals surface area contributed by atoms with Crippen LogP contribution in [-0.2, 0) is 37.4 Å². The zero-order valence-corrected chi connectivity index (χ0v) is 37.5. The van der Waals surface area contributed by atoms with E-state index in [4.69, 9.17) is 23.8 Å². The number of unbranched alkanes of at least 4 members (excludes halogenated alkanes) is 6. The Morgan fingerprint density at radius 3 is 1.67 bits per heavy atom. The monoisotopic (exact) mass is 861 g/mol. The first-order valence-corrected chi connectivity index (χ1v) is 23.8. The third kappa shape index (κ3) is 35.6. The van der Waals surface area contributed by atoms with Gasteiger partial charge in [-0.2, -0.15) is 0 Å². The summed E-state index contributed by atoms with van der Waals surface area (Å²) < 4.78 is 38.3. The second-order valence-electron chi connectivity index (χ2n) is 14.7. The van der Waals surface area contributed by atoms with Crippen molar-refractivity contribution in [3.05, 3.63) is 97.2 Å². The number of phosphoric acid groups is 1. The third-order valence-corrected chi connectivity index (χ3v) is 10.1. The molecule has 11 nitrogen and oxygen atoms in total. The molecule has 1 aliphatic rings. The number of carbonyl (C=O) groups is 2.